The second-order valence-electron chi connectivity index (χ2n) is 5.94. The highest BCUT2D eigenvalue weighted by atomic mass is 19.4. The summed E-state index contributed by atoms with van der Waals surface area (Å²) in [5.74, 6) is -0.783. The zero-order chi connectivity index (χ0) is 15.5. The Hall–Kier alpha value is -1.10. The molecule has 0 radical (unpaired) electrons. The minimum Gasteiger partial charge on any atom is -0.324 e. The molecule has 1 aromatic carbocycles. The highest BCUT2D eigenvalue weighted by molar-refractivity contribution is 5.29. The summed E-state index contributed by atoms with van der Waals surface area (Å²) in [7, 11) is 0. The largest absolute Gasteiger partial charge is 0.419 e. The van der Waals surface area contributed by atoms with E-state index in [2.05, 4.69) is 0 Å². The molecular weight excluding hydrogens is 282 g/mol. The van der Waals surface area contributed by atoms with Crippen molar-refractivity contribution in [3.05, 3.63) is 35.1 Å². The van der Waals surface area contributed by atoms with Gasteiger partial charge in [0.2, 0.25) is 0 Å². The van der Waals surface area contributed by atoms with Crippen LogP contribution in [0.4, 0.5) is 17.6 Å². The van der Waals surface area contributed by atoms with E-state index in [4.69, 9.17) is 5.73 Å². The highest BCUT2D eigenvalue weighted by Crippen LogP contribution is 2.35. The van der Waals surface area contributed by atoms with Crippen molar-refractivity contribution in [2.24, 2.45) is 11.7 Å². The Bertz CT molecular complexity index is 462. The van der Waals surface area contributed by atoms with E-state index in [0.29, 0.717) is 17.9 Å². The van der Waals surface area contributed by atoms with Crippen LogP contribution in [0.3, 0.4) is 0 Å². The molecule has 1 unspecified atom stereocenters. The molecule has 0 amide bonds. The van der Waals surface area contributed by atoms with Gasteiger partial charge in [-0.3, -0.25) is 0 Å². The van der Waals surface area contributed by atoms with Gasteiger partial charge in [-0.2, -0.15) is 13.2 Å². The van der Waals surface area contributed by atoms with E-state index >= 15 is 0 Å². The van der Waals surface area contributed by atoms with Crippen molar-refractivity contribution in [3.63, 3.8) is 0 Å². The molecule has 1 fully saturated rings. The lowest BCUT2D eigenvalue weighted by Crippen LogP contribution is -2.17. The average Bonchev–Trinajstić information content (AvgIpc) is 2.66. The SMILES string of the molecule is NC(CC1CCCCCC1)c1ccc(F)c(C(F)(F)F)c1. The molecule has 1 aromatic rings. The van der Waals surface area contributed by atoms with Crippen LogP contribution in [0.15, 0.2) is 18.2 Å². The molecule has 0 heterocycles. The van der Waals surface area contributed by atoms with Crippen LogP contribution < -0.4 is 5.73 Å². The van der Waals surface area contributed by atoms with Gasteiger partial charge >= 0.3 is 6.18 Å². The second-order valence-corrected chi connectivity index (χ2v) is 5.94. The fourth-order valence-corrected chi connectivity index (χ4v) is 3.09. The summed E-state index contributed by atoms with van der Waals surface area (Å²) in [5, 5.41) is 0. The molecular formula is C16H21F4N. The van der Waals surface area contributed by atoms with Gasteiger partial charge in [0.05, 0.1) is 5.56 Å². The molecule has 0 aromatic heterocycles. The lowest BCUT2D eigenvalue weighted by molar-refractivity contribution is -0.140. The molecule has 1 aliphatic rings. The van der Waals surface area contributed by atoms with Gasteiger partial charge in [0.25, 0.3) is 0 Å². The second kappa shape index (κ2) is 6.77. The van der Waals surface area contributed by atoms with Crippen molar-refractivity contribution >= 4 is 0 Å². The lowest BCUT2D eigenvalue weighted by Gasteiger charge is -2.20. The monoisotopic (exact) mass is 303 g/mol. The third kappa shape index (κ3) is 4.43. The predicted molar refractivity (Wildman–Crippen MR) is 74.1 cm³/mol. The van der Waals surface area contributed by atoms with Gasteiger partial charge in [0.15, 0.2) is 0 Å². The Balaban J connectivity index is 2.10. The Morgan fingerprint density at radius 1 is 1.10 bits per heavy atom. The zero-order valence-corrected chi connectivity index (χ0v) is 11.9. The number of halogens is 4. The van der Waals surface area contributed by atoms with Crippen LogP contribution >= 0.6 is 0 Å². The number of nitrogens with two attached hydrogens (primary N) is 1. The molecule has 0 bridgehead atoms. The Labute approximate surface area is 122 Å². The van der Waals surface area contributed by atoms with Gasteiger partial charge in [-0.15, -0.1) is 0 Å². The summed E-state index contributed by atoms with van der Waals surface area (Å²) >= 11 is 0. The average molecular weight is 303 g/mol. The van der Waals surface area contributed by atoms with E-state index in [0.717, 1.165) is 37.8 Å². The van der Waals surface area contributed by atoms with Gasteiger partial charge in [-0.05, 0) is 30.0 Å². The first-order chi connectivity index (χ1) is 9.88. The van der Waals surface area contributed by atoms with Crippen molar-refractivity contribution in [1.82, 2.24) is 0 Å². The van der Waals surface area contributed by atoms with Crippen LogP contribution in [0, 0.1) is 11.7 Å². The van der Waals surface area contributed by atoms with Crippen molar-refractivity contribution in [1.29, 1.82) is 0 Å². The van der Waals surface area contributed by atoms with Crippen LogP contribution in [0.1, 0.15) is 62.1 Å². The topological polar surface area (TPSA) is 26.0 Å². The van der Waals surface area contributed by atoms with E-state index in [-0.39, 0.29) is 0 Å². The van der Waals surface area contributed by atoms with Crippen LogP contribution in [0.5, 0.6) is 0 Å². The standard InChI is InChI=1S/C16H21F4N/c17-14-8-7-12(10-13(14)16(18,19)20)15(21)9-11-5-3-1-2-4-6-11/h7-8,10-11,15H,1-6,9,21H2. The molecule has 5 heteroatoms. The molecule has 21 heavy (non-hydrogen) atoms. The minimum absolute atomic E-state index is 0.368. The molecule has 0 saturated heterocycles. The molecule has 2 rings (SSSR count). The first-order valence-corrected chi connectivity index (χ1v) is 7.50. The number of hydrogen-bond acceptors (Lipinski definition) is 1. The molecule has 0 spiro atoms. The fourth-order valence-electron chi connectivity index (χ4n) is 3.09. The number of hydrogen-bond donors (Lipinski definition) is 1. The maximum absolute atomic E-state index is 13.3. The summed E-state index contributed by atoms with van der Waals surface area (Å²) < 4.78 is 51.5. The molecule has 1 atom stereocenters. The van der Waals surface area contributed by atoms with Crippen LogP contribution in [0.2, 0.25) is 0 Å². The molecule has 118 valence electrons. The molecule has 1 aliphatic carbocycles. The van der Waals surface area contributed by atoms with E-state index in [1.807, 2.05) is 0 Å². The van der Waals surface area contributed by atoms with Crippen molar-refractivity contribution < 1.29 is 17.6 Å². The number of alkyl halides is 3. The summed E-state index contributed by atoms with van der Waals surface area (Å²) in [6, 6.07) is 2.63. The first kappa shape index (κ1) is 16.3. The smallest absolute Gasteiger partial charge is 0.324 e. The predicted octanol–water partition coefficient (Wildman–Crippen LogP) is 5.20. The maximum Gasteiger partial charge on any atom is 0.419 e. The van der Waals surface area contributed by atoms with Crippen LogP contribution in [0.25, 0.3) is 0 Å². The Morgan fingerprint density at radius 2 is 1.71 bits per heavy atom. The first-order valence-electron chi connectivity index (χ1n) is 7.50. The van der Waals surface area contributed by atoms with Gasteiger partial charge in [0, 0.05) is 6.04 Å². The van der Waals surface area contributed by atoms with Gasteiger partial charge in [0.1, 0.15) is 5.82 Å². The Kier molecular flexibility index (Phi) is 5.25. The lowest BCUT2D eigenvalue weighted by atomic mass is 9.89. The minimum atomic E-state index is -4.68. The molecule has 2 N–H and O–H groups in total. The summed E-state index contributed by atoms with van der Waals surface area (Å²) in [6.07, 6.45) is 2.93. The van der Waals surface area contributed by atoms with Gasteiger partial charge < -0.3 is 5.73 Å². The third-order valence-electron chi connectivity index (χ3n) is 4.29. The van der Waals surface area contributed by atoms with Crippen molar-refractivity contribution in [2.45, 2.75) is 57.2 Å². The normalized spacial score (nSPS) is 19.3. The van der Waals surface area contributed by atoms with Crippen molar-refractivity contribution in [3.8, 4) is 0 Å². The van der Waals surface area contributed by atoms with E-state index in [1.165, 1.54) is 18.9 Å². The van der Waals surface area contributed by atoms with Gasteiger partial charge in [-0.1, -0.05) is 44.6 Å². The maximum atomic E-state index is 13.3. The summed E-state index contributed by atoms with van der Waals surface area (Å²) in [6.45, 7) is 0. The molecule has 1 nitrogen and oxygen atoms in total. The molecule has 0 aliphatic heterocycles. The van der Waals surface area contributed by atoms with E-state index in [9.17, 15) is 17.6 Å². The van der Waals surface area contributed by atoms with E-state index < -0.39 is 23.6 Å². The Morgan fingerprint density at radius 3 is 2.29 bits per heavy atom. The van der Waals surface area contributed by atoms with Gasteiger partial charge in [-0.25, -0.2) is 4.39 Å². The quantitative estimate of drug-likeness (QED) is 0.602. The van der Waals surface area contributed by atoms with Crippen molar-refractivity contribution in [2.75, 3.05) is 0 Å². The number of benzene rings is 1. The van der Waals surface area contributed by atoms with Crippen LogP contribution in [-0.4, -0.2) is 0 Å². The number of rotatable bonds is 3. The summed E-state index contributed by atoms with van der Waals surface area (Å²) in [5.41, 5.74) is 5.19. The zero-order valence-electron chi connectivity index (χ0n) is 11.9. The molecule has 1 saturated carbocycles. The fraction of sp³-hybridized carbons (Fsp3) is 0.625. The third-order valence-corrected chi connectivity index (χ3v) is 4.29. The van der Waals surface area contributed by atoms with E-state index in [1.54, 1.807) is 0 Å². The highest BCUT2D eigenvalue weighted by Gasteiger charge is 2.34. The van der Waals surface area contributed by atoms with Crippen LogP contribution in [-0.2, 0) is 6.18 Å². The summed E-state index contributed by atoms with van der Waals surface area (Å²) in [4.78, 5) is 0.